The first-order valence-electron chi connectivity index (χ1n) is 8.68. The van der Waals surface area contributed by atoms with Crippen LogP contribution in [0.2, 0.25) is 0 Å². The zero-order chi connectivity index (χ0) is 17.2. The first kappa shape index (κ1) is 18.4. The van der Waals surface area contributed by atoms with E-state index in [2.05, 4.69) is 15.5 Å². The van der Waals surface area contributed by atoms with Gasteiger partial charge in [0.05, 0.1) is 24.5 Å². The Balaban J connectivity index is 1.79. The number of nitrogens with zero attached hydrogens (tertiary/aromatic N) is 1. The summed E-state index contributed by atoms with van der Waals surface area (Å²) in [6.45, 7) is 7.02. The summed E-state index contributed by atoms with van der Waals surface area (Å²) in [5, 5.41) is 5.75. The van der Waals surface area contributed by atoms with Gasteiger partial charge < -0.3 is 15.4 Å². The van der Waals surface area contributed by atoms with Gasteiger partial charge in [-0.1, -0.05) is 19.1 Å². The van der Waals surface area contributed by atoms with Crippen LogP contribution in [-0.4, -0.2) is 56.1 Å². The number of rotatable bonds is 8. The van der Waals surface area contributed by atoms with E-state index in [1.54, 1.807) is 18.2 Å². The SMILES string of the molecule is CCCC(=O)Nc1ccccc1C(=O)NCCCN1CCOCC1. The molecule has 1 aromatic rings. The molecule has 6 nitrogen and oxygen atoms in total. The van der Waals surface area contributed by atoms with Crippen molar-refractivity contribution in [2.45, 2.75) is 26.2 Å². The Morgan fingerprint density at radius 3 is 2.71 bits per heavy atom. The molecule has 0 radical (unpaired) electrons. The van der Waals surface area contributed by atoms with Gasteiger partial charge in [-0.3, -0.25) is 14.5 Å². The van der Waals surface area contributed by atoms with Crippen molar-refractivity contribution in [1.29, 1.82) is 0 Å². The Bertz CT molecular complexity index is 542. The van der Waals surface area contributed by atoms with Crippen LogP contribution in [0.15, 0.2) is 24.3 Å². The van der Waals surface area contributed by atoms with E-state index in [0.717, 1.165) is 45.7 Å². The molecule has 1 fully saturated rings. The number of hydrogen-bond donors (Lipinski definition) is 2. The topological polar surface area (TPSA) is 70.7 Å². The molecule has 1 saturated heterocycles. The Morgan fingerprint density at radius 1 is 1.21 bits per heavy atom. The second-order valence-electron chi connectivity index (χ2n) is 5.91. The normalized spacial score (nSPS) is 15.0. The summed E-state index contributed by atoms with van der Waals surface area (Å²) >= 11 is 0. The summed E-state index contributed by atoms with van der Waals surface area (Å²) in [4.78, 5) is 26.5. The lowest BCUT2D eigenvalue weighted by Crippen LogP contribution is -2.38. The summed E-state index contributed by atoms with van der Waals surface area (Å²) in [5.74, 6) is -0.213. The molecule has 0 atom stereocenters. The number of nitrogens with one attached hydrogen (secondary N) is 2. The number of hydrogen-bond acceptors (Lipinski definition) is 4. The largest absolute Gasteiger partial charge is 0.379 e. The van der Waals surface area contributed by atoms with Crippen molar-refractivity contribution in [2.75, 3.05) is 44.7 Å². The highest BCUT2D eigenvalue weighted by Gasteiger charge is 2.13. The number of morpholine rings is 1. The smallest absolute Gasteiger partial charge is 0.253 e. The van der Waals surface area contributed by atoms with Gasteiger partial charge in [-0.05, 0) is 31.5 Å². The summed E-state index contributed by atoms with van der Waals surface area (Å²) in [6, 6.07) is 7.12. The standard InChI is InChI=1S/C18H27N3O3/c1-2-6-17(22)20-16-8-4-3-7-15(16)18(23)19-9-5-10-21-11-13-24-14-12-21/h3-4,7-8H,2,5-6,9-14H2,1H3,(H,19,23)(H,20,22). The number of anilines is 1. The molecule has 0 saturated carbocycles. The van der Waals surface area contributed by atoms with Crippen LogP contribution >= 0.6 is 0 Å². The first-order valence-corrected chi connectivity index (χ1v) is 8.68. The molecule has 132 valence electrons. The number of carbonyl (C=O) groups excluding carboxylic acids is 2. The fraction of sp³-hybridized carbons (Fsp3) is 0.556. The molecule has 0 bridgehead atoms. The lowest BCUT2D eigenvalue weighted by atomic mass is 10.1. The van der Waals surface area contributed by atoms with Crippen molar-refractivity contribution < 1.29 is 14.3 Å². The average molecular weight is 333 g/mol. The highest BCUT2D eigenvalue weighted by atomic mass is 16.5. The maximum absolute atomic E-state index is 12.4. The minimum Gasteiger partial charge on any atom is -0.379 e. The van der Waals surface area contributed by atoms with E-state index in [-0.39, 0.29) is 11.8 Å². The Morgan fingerprint density at radius 2 is 1.96 bits per heavy atom. The summed E-state index contributed by atoms with van der Waals surface area (Å²) in [6.07, 6.45) is 2.13. The van der Waals surface area contributed by atoms with Crippen molar-refractivity contribution >= 4 is 17.5 Å². The van der Waals surface area contributed by atoms with Gasteiger partial charge in [0.1, 0.15) is 0 Å². The van der Waals surface area contributed by atoms with Gasteiger partial charge in [0.15, 0.2) is 0 Å². The van der Waals surface area contributed by atoms with Gasteiger partial charge in [0, 0.05) is 26.1 Å². The van der Waals surface area contributed by atoms with Gasteiger partial charge in [-0.25, -0.2) is 0 Å². The molecular formula is C18H27N3O3. The van der Waals surface area contributed by atoms with Gasteiger partial charge >= 0.3 is 0 Å². The fourth-order valence-corrected chi connectivity index (χ4v) is 2.65. The van der Waals surface area contributed by atoms with E-state index in [1.165, 1.54) is 0 Å². The van der Waals surface area contributed by atoms with Crippen LogP contribution in [0.3, 0.4) is 0 Å². The molecule has 0 spiro atoms. The minimum atomic E-state index is -0.149. The lowest BCUT2D eigenvalue weighted by molar-refractivity contribution is -0.116. The molecule has 0 unspecified atom stereocenters. The number of para-hydroxylation sites is 1. The Kier molecular flexibility index (Phi) is 7.71. The minimum absolute atomic E-state index is 0.0648. The molecule has 1 aromatic carbocycles. The first-order chi connectivity index (χ1) is 11.7. The molecule has 1 aliphatic heterocycles. The van der Waals surface area contributed by atoms with Gasteiger partial charge in [0.25, 0.3) is 5.91 Å². The number of amides is 2. The molecule has 2 amide bonds. The fourth-order valence-electron chi connectivity index (χ4n) is 2.65. The van der Waals surface area contributed by atoms with Crippen LogP contribution in [-0.2, 0) is 9.53 Å². The molecule has 0 aromatic heterocycles. The molecule has 6 heteroatoms. The zero-order valence-electron chi connectivity index (χ0n) is 14.3. The number of ether oxygens (including phenoxy) is 1. The van der Waals surface area contributed by atoms with E-state index in [1.807, 2.05) is 13.0 Å². The lowest BCUT2D eigenvalue weighted by Gasteiger charge is -2.26. The quantitative estimate of drug-likeness (QED) is 0.713. The molecule has 1 heterocycles. The monoisotopic (exact) mass is 333 g/mol. The van der Waals surface area contributed by atoms with Crippen molar-refractivity contribution in [3.8, 4) is 0 Å². The van der Waals surface area contributed by atoms with Crippen LogP contribution < -0.4 is 10.6 Å². The Hall–Kier alpha value is -1.92. The third-order valence-electron chi connectivity index (χ3n) is 3.96. The highest BCUT2D eigenvalue weighted by Crippen LogP contribution is 2.15. The van der Waals surface area contributed by atoms with Crippen LogP contribution in [0.25, 0.3) is 0 Å². The van der Waals surface area contributed by atoms with Gasteiger partial charge in [-0.15, -0.1) is 0 Å². The van der Waals surface area contributed by atoms with Crippen LogP contribution in [0.5, 0.6) is 0 Å². The third-order valence-corrected chi connectivity index (χ3v) is 3.96. The predicted molar refractivity (Wildman–Crippen MR) is 94.2 cm³/mol. The summed E-state index contributed by atoms with van der Waals surface area (Å²) in [7, 11) is 0. The van der Waals surface area contributed by atoms with Crippen LogP contribution in [0.1, 0.15) is 36.5 Å². The van der Waals surface area contributed by atoms with Gasteiger partial charge in [-0.2, -0.15) is 0 Å². The number of carbonyl (C=O) groups is 2. The molecule has 2 N–H and O–H groups in total. The van der Waals surface area contributed by atoms with Crippen molar-refractivity contribution in [3.63, 3.8) is 0 Å². The maximum atomic E-state index is 12.4. The third kappa shape index (κ3) is 5.94. The van der Waals surface area contributed by atoms with Crippen molar-refractivity contribution in [3.05, 3.63) is 29.8 Å². The van der Waals surface area contributed by atoms with Crippen LogP contribution in [0.4, 0.5) is 5.69 Å². The van der Waals surface area contributed by atoms with Crippen LogP contribution in [0, 0.1) is 0 Å². The molecule has 24 heavy (non-hydrogen) atoms. The maximum Gasteiger partial charge on any atom is 0.253 e. The summed E-state index contributed by atoms with van der Waals surface area (Å²) < 4.78 is 5.32. The van der Waals surface area contributed by atoms with E-state index in [4.69, 9.17) is 4.74 Å². The van der Waals surface area contributed by atoms with Crippen molar-refractivity contribution in [2.24, 2.45) is 0 Å². The van der Waals surface area contributed by atoms with E-state index in [9.17, 15) is 9.59 Å². The zero-order valence-corrected chi connectivity index (χ0v) is 14.3. The number of benzene rings is 1. The molecular weight excluding hydrogens is 306 g/mol. The molecule has 2 rings (SSSR count). The molecule has 0 aliphatic carbocycles. The second kappa shape index (κ2) is 10.1. The van der Waals surface area contributed by atoms with Crippen molar-refractivity contribution in [1.82, 2.24) is 10.2 Å². The molecule has 1 aliphatic rings. The summed E-state index contributed by atoms with van der Waals surface area (Å²) in [5.41, 5.74) is 1.08. The van der Waals surface area contributed by atoms with E-state index >= 15 is 0 Å². The highest BCUT2D eigenvalue weighted by molar-refractivity contribution is 6.03. The van der Waals surface area contributed by atoms with Gasteiger partial charge in [0.2, 0.25) is 5.91 Å². The predicted octanol–water partition coefficient (Wildman–Crippen LogP) is 1.88. The van der Waals surface area contributed by atoms with E-state index in [0.29, 0.717) is 24.2 Å². The Labute approximate surface area is 143 Å². The second-order valence-corrected chi connectivity index (χ2v) is 5.91. The van der Waals surface area contributed by atoms with E-state index < -0.39 is 0 Å². The average Bonchev–Trinajstić information content (AvgIpc) is 2.60.